The number of amides is 1. The summed E-state index contributed by atoms with van der Waals surface area (Å²) in [6.45, 7) is 2.25. The summed E-state index contributed by atoms with van der Waals surface area (Å²) in [7, 11) is 0. The van der Waals surface area contributed by atoms with Crippen molar-refractivity contribution in [3.63, 3.8) is 0 Å². The van der Waals surface area contributed by atoms with Gasteiger partial charge in [0.15, 0.2) is 17.5 Å². The molecule has 0 aromatic heterocycles. The Kier molecular flexibility index (Phi) is 4.51. The summed E-state index contributed by atoms with van der Waals surface area (Å²) < 4.78 is 38.8. The molecule has 0 heterocycles. The van der Waals surface area contributed by atoms with E-state index in [9.17, 15) is 18.0 Å². The van der Waals surface area contributed by atoms with Gasteiger partial charge in [-0.25, -0.2) is 13.2 Å². The zero-order chi connectivity index (χ0) is 13.0. The smallest absolute Gasteiger partial charge is 0.219 e. The monoisotopic (exact) mass is 246 g/mol. The summed E-state index contributed by atoms with van der Waals surface area (Å²) in [6, 6.07) is 1.09. The summed E-state index contributed by atoms with van der Waals surface area (Å²) in [5, 5.41) is 2.85. The lowest BCUT2D eigenvalue weighted by atomic mass is 10.0. The molecule has 0 saturated heterocycles. The molecule has 17 heavy (non-hydrogen) atoms. The van der Waals surface area contributed by atoms with Crippen molar-refractivity contribution in [3.8, 4) is 0 Å². The lowest BCUT2D eigenvalue weighted by molar-refractivity contribution is -0.118. The summed E-state index contributed by atoms with van der Waals surface area (Å²) >= 11 is 0. The van der Waals surface area contributed by atoms with E-state index in [1.54, 1.807) is 6.92 Å². The highest BCUT2D eigenvalue weighted by Crippen LogP contribution is 2.21. The summed E-state index contributed by atoms with van der Waals surface area (Å²) in [6.07, 6.45) is -0.113. The molecule has 0 aliphatic rings. The molecule has 6 heteroatoms. The normalized spacial score (nSPS) is 12.5. The predicted molar refractivity (Wildman–Crippen MR) is 56.5 cm³/mol. The van der Waals surface area contributed by atoms with Crippen LogP contribution in [0, 0.1) is 17.5 Å². The molecule has 1 rings (SSSR count). The fourth-order valence-electron chi connectivity index (χ4n) is 1.53. The molecule has 0 fully saturated rings. The Morgan fingerprint density at radius 3 is 2.29 bits per heavy atom. The maximum Gasteiger partial charge on any atom is 0.219 e. The van der Waals surface area contributed by atoms with Gasteiger partial charge in [-0.2, -0.15) is 0 Å². The van der Waals surface area contributed by atoms with Crippen LogP contribution in [0.4, 0.5) is 13.2 Å². The SMILES string of the molecule is CCNC(CC(N)=O)c1cc(F)c(F)c(F)c1. The number of carbonyl (C=O) groups is 1. The third-order valence-electron chi connectivity index (χ3n) is 2.26. The molecule has 3 N–H and O–H groups in total. The molecule has 0 aliphatic heterocycles. The van der Waals surface area contributed by atoms with Gasteiger partial charge in [0, 0.05) is 12.5 Å². The van der Waals surface area contributed by atoms with Crippen LogP contribution in [0.15, 0.2) is 12.1 Å². The van der Waals surface area contributed by atoms with E-state index in [4.69, 9.17) is 5.73 Å². The third kappa shape index (κ3) is 3.45. The molecular weight excluding hydrogens is 233 g/mol. The average molecular weight is 246 g/mol. The maximum atomic E-state index is 13.0. The molecule has 0 radical (unpaired) electrons. The van der Waals surface area contributed by atoms with Crippen molar-refractivity contribution in [1.29, 1.82) is 0 Å². The number of benzene rings is 1. The van der Waals surface area contributed by atoms with Crippen molar-refractivity contribution in [1.82, 2.24) is 5.32 Å². The van der Waals surface area contributed by atoms with Crippen LogP contribution in [0.2, 0.25) is 0 Å². The van der Waals surface area contributed by atoms with E-state index in [0.717, 1.165) is 12.1 Å². The molecule has 1 aromatic carbocycles. The van der Waals surface area contributed by atoms with Crippen molar-refractivity contribution in [2.75, 3.05) is 6.54 Å². The first-order valence-electron chi connectivity index (χ1n) is 5.11. The lowest BCUT2D eigenvalue weighted by Gasteiger charge is -2.17. The Bertz CT molecular complexity index is 400. The van der Waals surface area contributed by atoms with Crippen molar-refractivity contribution in [2.45, 2.75) is 19.4 Å². The van der Waals surface area contributed by atoms with E-state index < -0.39 is 29.4 Å². The fourth-order valence-corrected chi connectivity index (χ4v) is 1.53. The van der Waals surface area contributed by atoms with Crippen LogP contribution in [-0.4, -0.2) is 12.5 Å². The van der Waals surface area contributed by atoms with Gasteiger partial charge in [-0.3, -0.25) is 4.79 Å². The zero-order valence-electron chi connectivity index (χ0n) is 9.27. The van der Waals surface area contributed by atoms with Crippen molar-refractivity contribution >= 4 is 5.91 Å². The minimum atomic E-state index is -1.52. The van der Waals surface area contributed by atoms with Crippen molar-refractivity contribution < 1.29 is 18.0 Å². The highest BCUT2D eigenvalue weighted by atomic mass is 19.2. The number of carbonyl (C=O) groups excluding carboxylic acids is 1. The summed E-state index contributed by atoms with van der Waals surface area (Å²) in [4.78, 5) is 10.8. The molecule has 1 amide bonds. The van der Waals surface area contributed by atoms with Gasteiger partial charge in [-0.1, -0.05) is 6.92 Å². The standard InChI is InChI=1S/C11H13F3N2O/c1-2-16-9(5-10(15)17)6-3-7(12)11(14)8(13)4-6/h3-4,9,16H,2,5H2,1H3,(H2,15,17). The van der Waals surface area contributed by atoms with Gasteiger partial charge in [-0.05, 0) is 24.2 Å². The molecule has 1 unspecified atom stereocenters. The van der Waals surface area contributed by atoms with E-state index in [2.05, 4.69) is 5.32 Å². The molecular formula is C11H13F3N2O. The van der Waals surface area contributed by atoms with Gasteiger partial charge < -0.3 is 11.1 Å². The van der Waals surface area contributed by atoms with Crippen molar-refractivity contribution in [3.05, 3.63) is 35.1 Å². The van der Waals surface area contributed by atoms with Crippen LogP contribution in [0.3, 0.4) is 0 Å². The number of nitrogens with one attached hydrogen (secondary N) is 1. The molecule has 0 spiro atoms. The van der Waals surface area contributed by atoms with Gasteiger partial charge in [0.1, 0.15) is 0 Å². The Morgan fingerprint density at radius 1 is 1.35 bits per heavy atom. The molecule has 3 nitrogen and oxygen atoms in total. The number of halogens is 3. The van der Waals surface area contributed by atoms with Crippen LogP contribution in [0.1, 0.15) is 24.9 Å². The summed E-state index contributed by atoms with van der Waals surface area (Å²) in [5.74, 6) is -4.70. The molecule has 1 atom stereocenters. The Balaban J connectivity index is 3.05. The Hall–Kier alpha value is -1.56. The van der Waals surface area contributed by atoms with Gasteiger partial charge in [0.2, 0.25) is 5.91 Å². The van der Waals surface area contributed by atoms with Gasteiger partial charge in [0.05, 0.1) is 0 Å². The minimum absolute atomic E-state index is 0.113. The topological polar surface area (TPSA) is 55.1 Å². The van der Waals surface area contributed by atoms with E-state index >= 15 is 0 Å². The first-order chi connectivity index (χ1) is 7.95. The zero-order valence-corrected chi connectivity index (χ0v) is 9.27. The van der Waals surface area contributed by atoms with Crippen molar-refractivity contribution in [2.24, 2.45) is 5.73 Å². The number of rotatable bonds is 5. The maximum absolute atomic E-state index is 13.0. The Labute approximate surface area is 96.8 Å². The second-order valence-corrected chi connectivity index (χ2v) is 3.58. The predicted octanol–water partition coefficient (Wildman–Crippen LogP) is 1.63. The quantitative estimate of drug-likeness (QED) is 0.776. The molecule has 1 aromatic rings. The minimum Gasteiger partial charge on any atom is -0.370 e. The van der Waals surface area contributed by atoms with Gasteiger partial charge >= 0.3 is 0 Å². The molecule has 94 valence electrons. The average Bonchev–Trinajstić information content (AvgIpc) is 2.24. The second kappa shape index (κ2) is 5.67. The number of hydrogen-bond donors (Lipinski definition) is 2. The van der Waals surface area contributed by atoms with E-state index in [0.29, 0.717) is 6.54 Å². The fraction of sp³-hybridized carbons (Fsp3) is 0.364. The van der Waals surface area contributed by atoms with Crippen LogP contribution in [-0.2, 0) is 4.79 Å². The van der Waals surface area contributed by atoms with E-state index in [1.807, 2.05) is 0 Å². The van der Waals surface area contributed by atoms with Crippen LogP contribution >= 0.6 is 0 Å². The number of nitrogens with two attached hydrogens (primary N) is 1. The molecule has 0 aliphatic carbocycles. The van der Waals surface area contributed by atoms with Crippen LogP contribution in [0.25, 0.3) is 0 Å². The number of hydrogen-bond acceptors (Lipinski definition) is 2. The molecule has 0 saturated carbocycles. The highest BCUT2D eigenvalue weighted by Gasteiger charge is 2.18. The largest absolute Gasteiger partial charge is 0.370 e. The van der Waals surface area contributed by atoms with E-state index in [-0.39, 0.29) is 12.0 Å². The van der Waals surface area contributed by atoms with E-state index in [1.165, 1.54) is 0 Å². The second-order valence-electron chi connectivity index (χ2n) is 3.58. The summed E-state index contributed by atoms with van der Waals surface area (Å²) in [5.41, 5.74) is 5.18. The molecule has 0 bridgehead atoms. The highest BCUT2D eigenvalue weighted by molar-refractivity contribution is 5.74. The van der Waals surface area contributed by atoms with Gasteiger partial charge in [-0.15, -0.1) is 0 Å². The number of primary amides is 1. The Morgan fingerprint density at radius 2 is 1.88 bits per heavy atom. The van der Waals surface area contributed by atoms with Crippen LogP contribution in [0.5, 0.6) is 0 Å². The first kappa shape index (κ1) is 13.5. The third-order valence-corrected chi connectivity index (χ3v) is 2.26. The van der Waals surface area contributed by atoms with Crippen LogP contribution < -0.4 is 11.1 Å². The van der Waals surface area contributed by atoms with Gasteiger partial charge in [0.25, 0.3) is 0 Å². The first-order valence-corrected chi connectivity index (χ1v) is 5.11. The lowest BCUT2D eigenvalue weighted by Crippen LogP contribution is -2.26.